The highest BCUT2D eigenvalue weighted by Gasteiger charge is 2.23. The van der Waals surface area contributed by atoms with Crippen LogP contribution in [0.15, 0.2) is 65.5 Å². The molecule has 0 bridgehead atoms. The summed E-state index contributed by atoms with van der Waals surface area (Å²) in [5.41, 5.74) is 1.94. The summed E-state index contributed by atoms with van der Waals surface area (Å²) in [7, 11) is 0. The number of amides is 1. The van der Waals surface area contributed by atoms with Crippen molar-refractivity contribution >= 4 is 5.91 Å². The lowest BCUT2D eigenvalue weighted by Crippen LogP contribution is -2.35. The van der Waals surface area contributed by atoms with Gasteiger partial charge in [0.1, 0.15) is 17.6 Å². The van der Waals surface area contributed by atoms with E-state index in [1.54, 1.807) is 23.2 Å². The summed E-state index contributed by atoms with van der Waals surface area (Å²) in [6.45, 7) is 2.26. The van der Waals surface area contributed by atoms with Gasteiger partial charge in [-0.2, -0.15) is 0 Å². The molecule has 0 aliphatic heterocycles. The van der Waals surface area contributed by atoms with Crippen molar-refractivity contribution in [3.8, 4) is 0 Å². The summed E-state index contributed by atoms with van der Waals surface area (Å²) in [4.78, 5) is 22.7. The maximum atomic E-state index is 12.8. The summed E-state index contributed by atoms with van der Waals surface area (Å²) in [6, 6.07) is 13.0. The zero-order chi connectivity index (χ0) is 17.6. The van der Waals surface area contributed by atoms with E-state index in [4.69, 9.17) is 4.42 Å². The van der Waals surface area contributed by atoms with Crippen LogP contribution in [0.3, 0.4) is 0 Å². The van der Waals surface area contributed by atoms with E-state index in [9.17, 15) is 9.90 Å². The molecular formula is C19H19N3O3. The molecule has 0 spiro atoms. The molecule has 1 amide bonds. The molecule has 6 heteroatoms. The molecule has 2 heterocycles. The molecule has 2 aromatic heterocycles. The minimum absolute atomic E-state index is 0.0940. The van der Waals surface area contributed by atoms with Gasteiger partial charge in [-0.15, -0.1) is 0 Å². The number of aliphatic hydroxyl groups excluding tert-OH is 1. The number of hydrogen-bond donors (Lipinski definition) is 1. The Kier molecular flexibility index (Phi) is 5.20. The van der Waals surface area contributed by atoms with Crippen LogP contribution in [0.25, 0.3) is 0 Å². The molecule has 0 fully saturated rings. The van der Waals surface area contributed by atoms with Crippen molar-refractivity contribution in [2.75, 3.05) is 6.54 Å². The molecule has 1 aromatic carbocycles. The first-order valence-corrected chi connectivity index (χ1v) is 7.97. The zero-order valence-electron chi connectivity index (χ0n) is 13.9. The Morgan fingerprint density at radius 1 is 1.16 bits per heavy atom. The van der Waals surface area contributed by atoms with Gasteiger partial charge in [0.25, 0.3) is 5.91 Å². The molecule has 0 radical (unpaired) electrons. The number of aryl methyl sites for hydroxylation is 1. The minimum Gasteiger partial charge on any atom is -0.467 e. The molecule has 3 aromatic rings. The molecule has 128 valence electrons. The maximum absolute atomic E-state index is 12.8. The molecule has 0 saturated carbocycles. The Labute approximate surface area is 145 Å². The predicted molar refractivity (Wildman–Crippen MR) is 91.6 cm³/mol. The summed E-state index contributed by atoms with van der Waals surface area (Å²) >= 11 is 0. The third-order valence-corrected chi connectivity index (χ3v) is 3.77. The average molecular weight is 337 g/mol. The van der Waals surface area contributed by atoms with Gasteiger partial charge in [0.05, 0.1) is 24.7 Å². The molecule has 25 heavy (non-hydrogen) atoms. The average Bonchev–Trinajstić information content (AvgIpc) is 3.17. The van der Waals surface area contributed by atoms with Gasteiger partial charge in [0, 0.05) is 12.7 Å². The van der Waals surface area contributed by atoms with Crippen molar-refractivity contribution in [1.29, 1.82) is 0 Å². The number of nitrogens with zero attached hydrogens (tertiary/aromatic N) is 3. The van der Waals surface area contributed by atoms with E-state index in [1.807, 2.05) is 37.3 Å². The Balaban J connectivity index is 1.82. The van der Waals surface area contributed by atoms with E-state index in [0.29, 0.717) is 12.3 Å². The second kappa shape index (κ2) is 7.72. The van der Waals surface area contributed by atoms with Crippen molar-refractivity contribution in [2.24, 2.45) is 0 Å². The fraction of sp³-hybridized carbons (Fsp3) is 0.211. The maximum Gasteiger partial charge on any atom is 0.274 e. The second-order valence-electron chi connectivity index (χ2n) is 5.75. The molecule has 3 rings (SSSR count). The summed E-state index contributed by atoms with van der Waals surface area (Å²) < 4.78 is 5.23. The lowest BCUT2D eigenvalue weighted by molar-refractivity contribution is 0.0557. The van der Waals surface area contributed by atoms with Crippen LogP contribution in [0.4, 0.5) is 0 Å². The van der Waals surface area contributed by atoms with Crippen molar-refractivity contribution < 1.29 is 14.3 Å². The van der Waals surface area contributed by atoms with Crippen LogP contribution >= 0.6 is 0 Å². The topological polar surface area (TPSA) is 79.5 Å². The van der Waals surface area contributed by atoms with Gasteiger partial charge in [-0.25, -0.2) is 4.98 Å². The van der Waals surface area contributed by atoms with E-state index in [2.05, 4.69) is 9.97 Å². The first-order valence-electron chi connectivity index (χ1n) is 7.97. The van der Waals surface area contributed by atoms with Crippen LogP contribution in [0, 0.1) is 6.92 Å². The van der Waals surface area contributed by atoms with E-state index in [1.165, 1.54) is 12.5 Å². The quantitative estimate of drug-likeness (QED) is 0.748. The van der Waals surface area contributed by atoms with Crippen LogP contribution in [0.5, 0.6) is 0 Å². The molecule has 0 unspecified atom stereocenters. The highest BCUT2D eigenvalue weighted by atomic mass is 16.4. The van der Waals surface area contributed by atoms with Crippen LogP contribution in [0.2, 0.25) is 0 Å². The van der Waals surface area contributed by atoms with Gasteiger partial charge in [-0.1, -0.05) is 30.3 Å². The molecule has 0 saturated heterocycles. The van der Waals surface area contributed by atoms with Gasteiger partial charge < -0.3 is 14.4 Å². The molecule has 0 aliphatic carbocycles. The SMILES string of the molecule is Cc1cnc(C(=O)N(Cc2ccccc2)C[C@@H](O)c2ccco2)cn1. The molecule has 0 aliphatic rings. The smallest absolute Gasteiger partial charge is 0.274 e. The monoisotopic (exact) mass is 337 g/mol. The third-order valence-electron chi connectivity index (χ3n) is 3.77. The fourth-order valence-corrected chi connectivity index (χ4v) is 2.47. The van der Waals surface area contributed by atoms with E-state index in [-0.39, 0.29) is 18.1 Å². The number of aliphatic hydroxyl groups is 1. The number of carbonyl (C=O) groups excluding carboxylic acids is 1. The number of furan rings is 1. The molecule has 6 nitrogen and oxygen atoms in total. The Bertz CT molecular complexity index is 802. The first kappa shape index (κ1) is 16.9. The standard InChI is InChI=1S/C19H19N3O3/c1-14-10-21-16(11-20-14)19(24)22(12-15-6-3-2-4-7-15)13-17(23)18-8-5-9-25-18/h2-11,17,23H,12-13H2,1H3/t17-/m1/s1. The Morgan fingerprint density at radius 3 is 2.60 bits per heavy atom. The van der Waals surface area contributed by atoms with Crippen molar-refractivity contribution in [3.05, 3.63) is 83.8 Å². The number of carbonyl (C=O) groups is 1. The van der Waals surface area contributed by atoms with E-state index in [0.717, 1.165) is 11.3 Å². The highest BCUT2D eigenvalue weighted by molar-refractivity contribution is 5.92. The van der Waals surface area contributed by atoms with Gasteiger partial charge in [0.15, 0.2) is 0 Å². The summed E-state index contributed by atoms with van der Waals surface area (Å²) in [5, 5.41) is 10.4. The number of aromatic nitrogens is 2. The van der Waals surface area contributed by atoms with Crippen molar-refractivity contribution in [2.45, 2.75) is 19.6 Å². The highest BCUT2D eigenvalue weighted by Crippen LogP contribution is 2.18. The van der Waals surface area contributed by atoms with Crippen LogP contribution < -0.4 is 0 Å². The second-order valence-corrected chi connectivity index (χ2v) is 5.75. The normalized spacial score (nSPS) is 11.9. The van der Waals surface area contributed by atoms with Crippen LogP contribution in [0.1, 0.15) is 33.6 Å². The summed E-state index contributed by atoms with van der Waals surface area (Å²) in [5.74, 6) is 0.128. The number of rotatable bonds is 6. The van der Waals surface area contributed by atoms with Gasteiger partial charge >= 0.3 is 0 Å². The Morgan fingerprint density at radius 2 is 1.96 bits per heavy atom. The third kappa shape index (κ3) is 4.30. The van der Waals surface area contributed by atoms with Crippen LogP contribution in [-0.4, -0.2) is 32.4 Å². The zero-order valence-corrected chi connectivity index (χ0v) is 13.9. The van der Waals surface area contributed by atoms with Gasteiger partial charge in [-0.05, 0) is 24.6 Å². The van der Waals surface area contributed by atoms with Crippen molar-refractivity contribution in [1.82, 2.24) is 14.9 Å². The number of hydrogen-bond acceptors (Lipinski definition) is 5. The van der Waals surface area contributed by atoms with Crippen LogP contribution in [-0.2, 0) is 6.54 Å². The lowest BCUT2D eigenvalue weighted by atomic mass is 10.1. The minimum atomic E-state index is -0.916. The van der Waals surface area contributed by atoms with Gasteiger partial charge in [0.2, 0.25) is 0 Å². The fourth-order valence-electron chi connectivity index (χ4n) is 2.47. The van der Waals surface area contributed by atoms with Crippen molar-refractivity contribution in [3.63, 3.8) is 0 Å². The molecule has 1 N–H and O–H groups in total. The number of benzene rings is 1. The molecule has 1 atom stereocenters. The van der Waals surface area contributed by atoms with E-state index < -0.39 is 6.10 Å². The lowest BCUT2D eigenvalue weighted by Gasteiger charge is -2.24. The summed E-state index contributed by atoms with van der Waals surface area (Å²) in [6.07, 6.45) is 3.58. The predicted octanol–water partition coefficient (Wildman–Crippen LogP) is 2.75. The van der Waals surface area contributed by atoms with E-state index >= 15 is 0 Å². The van der Waals surface area contributed by atoms with Gasteiger partial charge in [-0.3, -0.25) is 9.78 Å². The first-order chi connectivity index (χ1) is 12.1. The molecular weight excluding hydrogens is 318 g/mol. The largest absolute Gasteiger partial charge is 0.467 e. The Hall–Kier alpha value is -2.99.